The fourth-order valence-corrected chi connectivity index (χ4v) is 3.38. The van der Waals surface area contributed by atoms with Crippen LogP contribution >= 0.6 is 0 Å². The minimum Gasteiger partial charge on any atom is -0.503 e. The van der Waals surface area contributed by atoms with Crippen LogP contribution in [0.4, 0.5) is 0 Å². The van der Waals surface area contributed by atoms with Crippen molar-refractivity contribution in [1.82, 2.24) is 5.32 Å². The predicted molar refractivity (Wildman–Crippen MR) is 105 cm³/mol. The van der Waals surface area contributed by atoms with Crippen molar-refractivity contribution < 1.29 is 14.7 Å². The highest BCUT2D eigenvalue weighted by Gasteiger charge is 2.37. The number of nitrogens with one attached hydrogen (secondary N) is 1. The van der Waals surface area contributed by atoms with Gasteiger partial charge in [-0.05, 0) is 31.8 Å². The number of carbonyl (C=O) groups excluding carboxylic acids is 2. The van der Waals surface area contributed by atoms with E-state index in [-0.39, 0.29) is 5.41 Å². The van der Waals surface area contributed by atoms with Crippen molar-refractivity contribution in [3.63, 3.8) is 0 Å². The predicted octanol–water partition coefficient (Wildman–Crippen LogP) is 3.09. The van der Waals surface area contributed by atoms with E-state index in [0.29, 0.717) is 18.3 Å². The second-order valence-corrected chi connectivity index (χ2v) is 6.39. The van der Waals surface area contributed by atoms with E-state index in [4.69, 9.17) is 5.73 Å². The van der Waals surface area contributed by atoms with Crippen molar-refractivity contribution in [2.45, 2.75) is 45.4 Å². The molecular formula is C20H29N3O3. The van der Waals surface area contributed by atoms with Crippen molar-refractivity contribution in [1.29, 1.82) is 0 Å². The number of allylic oxidation sites excluding steroid dienone is 5. The van der Waals surface area contributed by atoms with Crippen molar-refractivity contribution in [3.05, 3.63) is 48.3 Å². The van der Waals surface area contributed by atoms with Crippen LogP contribution in [0.2, 0.25) is 0 Å². The summed E-state index contributed by atoms with van der Waals surface area (Å²) in [6.07, 6.45) is 14.4. The maximum absolute atomic E-state index is 12.0. The molecule has 1 aliphatic carbocycles. The van der Waals surface area contributed by atoms with Gasteiger partial charge in [0.2, 0.25) is 5.91 Å². The van der Waals surface area contributed by atoms with Crippen molar-refractivity contribution in [2.75, 3.05) is 7.05 Å². The number of nitrogens with zero attached hydrogens (tertiary/aromatic N) is 1. The Morgan fingerprint density at radius 3 is 2.50 bits per heavy atom. The molecule has 2 amide bonds. The minimum atomic E-state index is -0.886. The Bertz CT molecular complexity index is 651. The number of amides is 2. The quantitative estimate of drug-likeness (QED) is 0.155. The molecule has 0 spiro atoms. The molecule has 26 heavy (non-hydrogen) atoms. The van der Waals surface area contributed by atoms with Crippen LogP contribution in [0, 0.1) is 5.41 Å². The lowest BCUT2D eigenvalue weighted by Crippen LogP contribution is -2.36. The van der Waals surface area contributed by atoms with Gasteiger partial charge in [0.1, 0.15) is 5.84 Å². The number of hydrogen-bond donors (Lipinski definition) is 3. The van der Waals surface area contributed by atoms with Gasteiger partial charge < -0.3 is 16.2 Å². The van der Waals surface area contributed by atoms with E-state index in [2.05, 4.69) is 35.1 Å². The lowest BCUT2D eigenvalue weighted by Gasteiger charge is -2.31. The summed E-state index contributed by atoms with van der Waals surface area (Å²) in [5.41, 5.74) is 6.07. The molecule has 0 atom stereocenters. The molecule has 0 aromatic rings. The fourth-order valence-electron chi connectivity index (χ4n) is 3.38. The Morgan fingerprint density at radius 2 is 2.00 bits per heavy atom. The van der Waals surface area contributed by atoms with E-state index in [9.17, 15) is 14.7 Å². The van der Waals surface area contributed by atoms with E-state index in [1.807, 2.05) is 13.0 Å². The van der Waals surface area contributed by atoms with Crippen LogP contribution in [0.25, 0.3) is 0 Å². The third kappa shape index (κ3) is 6.02. The van der Waals surface area contributed by atoms with Gasteiger partial charge in [0.05, 0.1) is 6.08 Å². The minimum absolute atomic E-state index is 0.0996. The Kier molecular flexibility index (Phi) is 8.55. The van der Waals surface area contributed by atoms with E-state index < -0.39 is 17.6 Å². The van der Waals surface area contributed by atoms with Gasteiger partial charge in [0.15, 0.2) is 5.76 Å². The van der Waals surface area contributed by atoms with Gasteiger partial charge in [-0.3, -0.25) is 14.6 Å². The molecule has 0 aliphatic heterocycles. The first kappa shape index (κ1) is 21.4. The molecule has 6 heteroatoms. The number of rotatable bonds is 8. The SMILES string of the molecule is C=CC/C=C\C(=C/C)C1(CC(=NC)NC(=O)/C(O)=C/C(N)=O)CCCC1. The zero-order valence-corrected chi connectivity index (χ0v) is 15.6. The third-order valence-corrected chi connectivity index (χ3v) is 4.63. The number of aliphatic hydroxyl groups excluding tert-OH is 1. The Balaban J connectivity index is 2.98. The summed E-state index contributed by atoms with van der Waals surface area (Å²) >= 11 is 0. The molecule has 0 unspecified atom stereocenters. The van der Waals surface area contributed by atoms with E-state index in [0.717, 1.165) is 32.1 Å². The van der Waals surface area contributed by atoms with Gasteiger partial charge in [-0.2, -0.15) is 0 Å². The topological polar surface area (TPSA) is 105 Å². The summed E-state index contributed by atoms with van der Waals surface area (Å²) in [4.78, 5) is 27.0. The van der Waals surface area contributed by atoms with Gasteiger partial charge in [0.25, 0.3) is 5.91 Å². The lowest BCUT2D eigenvalue weighted by atomic mass is 9.74. The molecule has 0 aromatic carbocycles. The normalized spacial score (nSPS) is 18.2. The highest BCUT2D eigenvalue weighted by molar-refractivity contribution is 6.07. The maximum atomic E-state index is 12.0. The van der Waals surface area contributed by atoms with Crippen LogP contribution in [0.1, 0.15) is 45.4 Å². The lowest BCUT2D eigenvalue weighted by molar-refractivity contribution is -0.119. The van der Waals surface area contributed by atoms with E-state index in [1.54, 1.807) is 7.05 Å². The molecule has 0 saturated heterocycles. The number of amidine groups is 1. The summed E-state index contributed by atoms with van der Waals surface area (Å²) in [7, 11) is 1.59. The molecule has 1 saturated carbocycles. The van der Waals surface area contributed by atoms with Gasteiger partial charge in [-0.25, -0.2) is 0 Å². The zero-order valence-electron chi connectivity index (χ0n) is 15.6. The molecule has 0 aromatic heterocycles. The van der Waals surface area contributed by atoms with Crippen molar-refractivity contribution in [3.8, 4) is 0 Å². The van der Waals surface area contributed by atoms with Crippen LogP contribution < -0.4 is 11.1 Å². The zero-order chi connectivity index (χ0) is 19.6. The first-order chi connectivity index (χ1) is 12.4. The molecule has 1 fully saturated rings. The first-order valence-electron chi connectivity index (χ1n) is 8.80. The first-order valence-corrected chi connectivity index (χ1v) is 8.80. The third-order valence-electron chi connectivity index (χ3n) is 4.63. The van der Waals surface area contributed by atoms with Crippen LogP contribution in [0.3, 0.4) is 0 Å². The fraction of sp³-hybridized carbons (Fsp3) is 0.450. The molecule has 0 heterocycles. The monoisotopic (exact) mass is 359 g/mol. The molecule has 1 aliphatic rings. The van der Waals surface area contributed by atoms with Gasteiger partial charge in [-0.1, -0.05) is 37.1 Å². The number of aliphatic imine (C=N–C) groups is 1. The molecular weight excluding hydrogens is 330 g/mol. The van der Waals surface area contributed by atoms with E-state index >= 15 is 0 Å². The van der Waals surface area contributed by atoms with Crippen LogP contribution in [-0.4, -0.2) is 29.8 Å². The number of nitrogens with two attached hydrogens (primary N) is 1. The van der Waals surface area contributed by atoms with Gasteiger partial charge in [-0.15, -0.1) is 6.58 Å². The summed E-state index contributed by atoms with van der Waals surface area (Å²) in [6.45, 7) is 5.74. The average molecular weight is 359 g/mol. The molecule has 0 radical (unpaired) electrons. The molecule has 6 nitrogen and oxygen atoms in total. The van der Waals surface area contributed by atoms with Gasteiger partial charge >= 0.3 is 0 Å². The van der Waals surface area contributed by atoms with Gasteiger partial charge in [0, 0.05) is 18.9 Å². The molecule has 142 valence electrons. The Labute approximate surface area is 155 Å². The summed E-state index contributed by atoms with van der Waals surface area (Å²) in [6, 6.07) is 0. The molecule has 1 rings (SSSR count). The van der Waals surface area contributed by atoms with E-state index in [1.165, 1.54) is 5.57 Å². The molecule has 4 N–H and O–H groups in total. The highest BCUT2D eigenvalue weighted by Crippen LogP contribution is 2.47. The number of hydrogen-bond acceptors (Lipinski definition) is 4. The van der Waals surface area contributed by atoms with Crippen LogP contribution in [0.5, 0.6) is 0 Å². The maximum Gasteiger partial charge on any atom is 0.291 e. The number of carbonyl (C=O) groups is 2. The van der Waals surface area contributed by atoms with Crippen LogP contribution in [0.15, 0.2) is 53.3 Å². The number of aliphatic hydroxyl groups is 1. The summed E-state index contributed by atoms with van der Waals surface area (Å²) in [5, 5.41) is 12.2. The second-order valence-electron chi connectivity index (χ2n) is 6.39. The number of primary amides is 1. The van der Waals surface area contributed by atoms with Crippen LogP contribution in [-0.2, 0) is 9.59 Å². The second kappa shape index (κ2) is 10.4. The summed E-state index contributed by atoms with van der Waals surface area (Å²) in [5.74, 6) is -1.93. The van der Waals surface area contributed by atoms with Crippen molar-refractivity contribution >= 4 is 17.6 Å². The molecule has 0 bridgehead atoms. The van der Waals surface area contributed by atoms with Crippen molar-refractivity contribution in [2.24, 2.45) is 16.1 Å². The Morgan fingerprint density at radius 1 is 1.35 bits per heavy atom. The highest BCUT2D eigenvalue weighted by atomic mass is 16.3. The Hall–Kier alpha value is -2.63. The smallest absolute Gasteiger partial charge is 0.291 e. The largest absolute Gasteiger partial charge is 0.503 e. The average Bonchev–Trinajstić information content (AvgIpc) is 3.06. The standard InChI is InChI=1S/C20H29N3O3/c1-4-6-7-10-15(5-2)20(11-8-9-12-20)14-18(22-3)23-19(26)16(24)13-17(21)25/h4-5,7,10,13,24H,1,6,8-9,11-12,14H2,2-3H3,(H2,21,25)(H,22,23,26)/b10-7-,15-5+,16-13-. The summed E-state index contributed by atoms with van der Waals surface area (Å²) < 4.78 is 0.